The van der Waals surface area contributed by atoms with Gasteiger partial charge in [0.25, 0.3) is 0 Å². The van der Waals surface area contributed by atoms with Gasteiger partial charge in [0.15, 0.2) is 0 Å². The molecule has 8 aromatic rings. The van der Waals surface area contributed by atoms with E-state index in [0.29, 0.717) is 0 Å². The molecule has 0 saturated heterocycles. The van der Waals surface area contributed by atoms with Gasteiger partial charge in [0.2, 0.25) is 0 Å². The third-order valence-corrected chi connectivity index (χ3v) is 10.7. The topological polar surface area (TPSA) is 26.3 Å². The predicted molar refractivity (Wildman–Crippen MR) is 192 cm³/mol. The minimum absolute atomic E-state index is 0.936. The van der Waals surface area contributed by atoms with E-state index < -0.39 is 0 Å². The van der Waals surface area contributed by atoms with E-state index in [4.69, 9.17) is 8.83 Å². The maximum atomic E-state index is 6.42. The Morgan fingerprint density at radius 2 is 1.07 bits per heavy atom. The minimum Gasteiger partial charge on any atom is -0.455 e. The van der Waals surface area contributed by atoms with Crippen molar-refractivity contribution in [3.8, 4) is 21.3 Å². The molecule has 0 fully saturated rings. The van der Waals surface area contributed by atoms with Crippen molar-refractivity contribution in [1.82, 2.24) is 0 Å². The number of thioether (sulfide) groups is 1. The number of furan rings is 2. The van der Waals surface area contributed by atoms with Crippen LogP contribution >= 0.6 is 34.4 Å². The number of fused-ring (bicyclic) bond motifs is 9. The quantitative estimate of drug-likeness (QED) is 0.184. The maximum Gasteiger partial charge on any atom is 0.145 e. The molecular formula is C38H32O2S3. The van der Waals surface area contributed by atoms with Gasteiger partial charge in [-0.2, -0.15) is 0 Å². The lowest BCUT2D eigenvalue weighted by Gasteiger charge is -2.08. The highest BCUT2D eigenvalue weighted by molar-refractivity contribution is 8.01. The Hall–Kier alpha value is -3.77. The third-order valence-electron chi connectivity index (χ3n) is 7.98. The van der Waals surface area contributed by atoms with Crippen LogP contribution in [0, 0.1) is 13.8 Å². The first kappa shape index (κ1) is 28.0. The molecule has 0 unspecified atom stereocenters. The summed E-state index contributed by atoms with van der Waals surface area (Å²) >= 11 is 5.23. The average molecular weight is 617 g/mol. The number of allylic oxidation sites excluding steroid dienone is 1. The van der Waals surface area contributed by atoms with Gasteiger partial charge >= 0.3 is 0 Å². The lowest BCUT2D eigenvalue weighted by atomic mass is 9.95. The number of hydrogen-bond acceptors (Lipinski definition) is 5. The van der Waals surface area contributed by atoms with Crippen molar-refractivity contribution in [3.63, 3.8) is 0 Å². The van der Waals surface area contributed by atoms with Crippen LogP contribution in [0.15, 0.2) is 103 Å². The molecule has 4 heterocycles. The standard InChI is InChI=1S/C32H20O2S2.C6H12S/c1-17-11-29(35-15-17)27-13-19-3-5-23-21-8-10-26-24(22(21)7-9-25(23)31(19)33-27)6-4-20-14-28(34-32(20)26)30-12-18(2)16-36-30;1-4-6(2)5-7-3/h3-16H,1-2H3;5H,4H2,1-3H3/b;6-5+. The summed E-state index contributed by atoms with van der Waals surface area (Å²) in [6, 6.07) is 26.4. The lowest BCUT2D eigenvalue weighted by molar-refractivity contribution is 0.636. The molecule has 43 heavy (non-hydrogen) atoms. The van der Waals surface area contributed by atoms with E-state index in [1.54, 1.807) is 34.4 Å². The van der Waals surface area contributed by atoms with Crippen LogP contribution < -0.4 is 0 Å². The summed E-state index contributed by atoms with van der Waals surface area (Å²) in [7, 11) is 0. The van der Waals surface area contributed by atoms with E-state index >= 15 is 0 Å². The summed E-state index contributed by atoms with van der Waals surface area (Å²) < 4.78 is 12.8. The van der Waals surface area contributed by atoms with Crippen molar-refractivity contribution in [1.29, 1.82) is 0 Å². The normalized spacial score (nSPS) is 12.2. The van der Waals surface area contributed by atoms with Crippen molar-refractivity contribution < 1.29 is 8.83 Å². The number of thiophene rings is 2. The summed E-state index contributed by atoms with van der Waals surface area (Å²) in [6.07, 6.45) is 3.26. The Kier molecular flexibility index (Phi) is 7.42. The SMILES string of the molecule is CC/C(C)=C/SC.Cc1csc(-c2cc3ccc4c5ccc6c(ccc7cc(-c8cc(C)cs8)oc76)c5ccc4c3o2)c1. The van der Waals surface area contributed by atoms with Gasteiger partial charge in [-0.25, -0.2) is 0 Å². The van der Waals surface area contributed by atoms with Crippen LogP contribution in [-0.4, -0.2) is 6.26 Å². The Morgan fingerprint density at radius 3 is 1.44 bits per heavy atom. The largest absolute Gasteiger partial charge is 0.455 e. The first-order valence-corrected chi connectivity index (χ1v) is 17.5. The van der Waals surface area contributed by atoms with E-state index in [1.165, 1.54) is 54.4 Å². The van der Waals surface area contributed by atoms with Gasteiger partial charge in [0.05, 0.1) is 9.75 Å². The fourth-order valence-corrected chi connectivity index (χ4v) is 7.95. The highest BCUT2D eigenvalue weighted by Crippen LogP contribution is 2.41. The maximum absolute atomic E-state index is 6.42. The molecule has 5 heteroatoms. The van der Waals surface area contributed by atoms with E-state index in [0.717, 1.165) is 44.2 Å². The molecule has 0 aliphatic heterocycles. The molecule has 0 bridgehead atoms. The zero-order valence-electron chi connectivity index (χ0n) is 24.9. The van der Waals surface area contributed by atoms with Gasteiger partial charge in [-0.3, -0.25) is 0 Å². The second kappa shape index (κ2) is 11.4. The van der Waals surface area contributed by atoms with Gasteiger partial charge in [-0.15, -0.1) is 34.4 Å². The molecule has 0 spiro atoms. The molecule has 0 atom stereocenters. The first-order chi connectivity index (χ1) is 20.9. The number of aryl methyl sites for hydroxylation is 2. The van der Waals surface area contributed by atoms with E-state index in [-0.39, 0.29) is 0 Å². The van der Waals surface area contributed by atoms with Crippen molar-refractivity contribution >= 4 is 88.7 Å². The summed E-state index contributed by atoms with van der Waals surface area (Å²) in [6.45, 7) is 8.56. The molecule has 0 saturated carbocycles. The lowest BCUT2D eigenvalue weighted by Crippen LogP contribution is -1.82. The fourth-order valence-electron chi connectivity index (χ4n) is 5.68. The summed E-state index contributed by atoms with van der Waals surface area (Å²) in [4.78, 5) is 2.34. The molecule has 4 aromatic carbocycles. The molecule has 0 radical (unpaired) electrons. The summed E-state index contributed by atoms with van der Waals surface area (Å²) in [5, 5.41) is 16.0. The summed E-state index contributed by atoms with van der Waals surface area (Å²) in [5.74, 6) is 1.87. The van der Waals surface area contributed by atoms with Crippen molar-refractivity contribution in [3.05, 3.63) is 106 Å². The predicted octanol–water partition coefficient (Wildman–Crippen LogP) is 13.4. The molecule has 0 aliphatic carbocycles. The van der Waals surface area contributed by atoms with Gasteiger partial charge in [0.1, 0.15) is 22.7 Å². The highest BCUT2D eigenvalue weighted by Gasteiger charge is 2.15. The smallest absolute Gasteiger partial charge is 0.145 e. The van der Waals surface area contributed by atoms with Gasteiger partial charge in [-0.05, 0) is 119 Å². The van der Waals surface area contributed by atoms with Crippen LogP contribution in [0.1, 0.15) is 31.4 Å². The zero-order chi connectivity index (χ0) is 29.7. The average Bonchev–Trinajstić information content (AvgIpc) is 3.82. The van der Waals surface area contributed by atoms with Gasteiger partial charge < -0.3 is 8.83 Å². The fraction of sp³-hybridized carbons (Fsp3) is 0.158. The van der Waals surface area contributed by atoms with E-state index in [9.17, 15) is 0 Å². The molecule has 0 aliphatic rings. The van der Waals surface area contributed by atoms with Crippen molar-refractivity contribution in [2.45, 2.75) is 34.1 Å². The molecular weight excluding hydrogens is 585 g/mol. The first-order valence-electron chi connectivity index (χ1n) is 14.5. The monoisotopic (exact) mass is 616 g/mol. The third kappa shape index (κ3) is 5.10. The number of hydrogen-bond donors (Lipinski definition) is 0. The molecule has 0 N–H and O–H groups in total. The highest BCUT2D eigenvalue weighted by atomic mass is 32.2. The van der Waals surface area contributed by atoms with Crippen molar-refractivity contribution in [2.24, 2.45) is 0 Å². The molecule has 4 aromatic heterocycles. The molecule has 214 valence electrons. The van der Waals surface area contributed by atoms with Crippen LogP contribution in [0.5, 0.6) is 0 Å². The second-order valence-electron chi connectivity index (χ2n) is 11.1. The molecule has 8 rings (SSSR count). The summed E-state index contributed by atoms with van der Waals surface area (Å²) in [5.41, 5.74) is 5.90. The van der Waals surface area contributed by atoms with E-state index in [2.05, 4.69) is 123 Å². The van der Waals surface area contributed by atoms with Crippen LogP contribution in [-0.2, 0) is 0 Å². The minimum atomic E-state index is 0.936. The van der Waals surface area contributed by atoms with Crippen molar-refractivity contribution in [2.75, 3.05) is 6.26 Å². The Bertz CT molecular complexity index is 2150. The Morgan fingerprint density at radius 1 is 0.651 bits per heavy atom. The second-order valence-corrected chi connectivity index (χ2v) is 13.7. The Balaban J connectivity index is 0.000000386. The Labute approximate surface area is 263 Å². The van der Waals surface area contributed by atoms with Crippen LogP contribution in [0.4, 0.5) is 0 Å². The number of rotatable bonds is 4. The molecule has 0 amide bonds. The van der Waals surface area contributed by atoms with Gasteiger partial charge in [-0.1, -0.05) is 48.9 Å². The van der Waals surface area contributed by atoms with Gasteiger partial charge in [0, 0.05) is 21.5 Å². The number of benzene rings is 4. The van der Waals surface area contributed by atoms with Crippen LogP contribution in [0.3, 0.4) is 0 Å². The molecule has 2 nitrogen and oxygen atoms in total. The van der Waals surface area contributed by atoms with E-state index in [1.807, 2.05) is 0 Å². The van der Waals surface area contributed by atoms with Crippen LogP contribution in [0.2, 0.25) is 0 Å². The zero-order valence-corrected chi connectivity index (χ0v) is 27.4. The van der Waals surface area contributed by atoms with Crippen LogP contribution in [0.25, 0.3) is 75.5 Å².